The number of amides is 2. The molecule has 2 fully saturated rings. The molecule has 2 saturated heterocycles. The highest BCUT2D eigenvalue weighted by Crippen LogP contribution is 2.14. The predicted octanol–water partition coefficient (Wildman–Crippen LogP) is 0.203. The molecule has 1 aromatic carbocycles. The van der Waals surface area contributed by atoms with Crippen LogP contribution in [-0.2, 0) is 4.74 Å². The number of rotatable bonds is 2. The van der Waals surface area contributed by atoms with Crippen LogP contribution in [0.3, 0.4) is 0 Å². The summed E-state index contributed by atoms with van der Waals surface area (Å²) in [5.74, 6) is 0. The highest BCUT2D eigenvalue weighted by Gasteiger charge is 2.30. The Bertz CT molecular complexity index is 434. The van der Waals surface area contributed by atoms with Crippen LogP contribution in [0.1, 0.15) is 11.7 Å². The molecule has 1 aromatic rings. The number of carbonyl (C=O) groups excluding carboxylic acids is 1. The van der Waals surface area contributed by atoms with Crippen molar-refractivity contribution in [3.05, 3.63) is 35.9 Å². The molecule has 102 valence electrons. The summed E-state index contributed by atoms with van der Waals surface area (Å²) in [5, 5.41) is 9.17. The summed E-state index contributed by atoms with van der Waals surface area (Å²) in [6, 6.07) is 9.75. The molecule has 2 aliphatic heterocycles. The average Bonchev–Trinajstić information content (AvgIpc) is 2.48. The van der Waals surface area contributed by atoms with Gasteiger partial charge in [-0.3, -0.25) is 10.2 Å². The molecule has 6 nitrogen and oxygen atoms in total. The highest BCUT2D eigenvalue weighted by atomic mass is 16.5. The number of benzene rings is 1. The van der Waals surface area contributed by atoms with Gasteiger partial charge in [-0.05, 0) is 5.56 Å². The summed E-state index contributed by atoms with van der Waals surface area (Å²) in [4.78, 5) is 14.0. The lowest BCUT2D eigenvalue weighted by molar-refractivity contribution is -0.00572. The fourth-order valence-corrected chi connectivity index (χ4v) is 2.40. The molecule has 19 heavy (non-hydrogen) atoms. The maximum absolute atomic E-state index is 11.8. The zero-order chi connectivity index (χ0) is 13.1. The quantitative estimate of drug-likeness (QED) is 0.712. The van der Waals surface area contributed by atoms with Crippen molar-refractivity contribution >= 4 is 6.03 Å². The maximum atomic E-state index is 11.8. The molecule has 2 atom stereocenters. The second kappa shape index (κ2) is 5.56. The molecule has 2 heterocycles. The van der Waals surface area contributed by atoms with Gasteiger partial charge in [0.05, 0.1) is 13.2 Å². The molecule has 0 radical (unpaired) electrons. The van der Waals surface area contributed by atoms with E-state index >= 15 is 0 Å². The van der Waals surface area contributed by atoms with Crippen LogP contribution in [0.25, 0.3) is 0 Å². The Kier molecular flexibility index (Phi) is 3.63. The van der Waals surface area contributed by atoms with Crippen LogP contribution < -0.4 is 16.0 Å². The molecule has 0 saturated carbocycles. The summed E-state index contributed by atoms with van der Waals surface area (Å²) in [5.41, 5.74) is 1.05. The lowest BCUT2D eigenvalue weighted by atomic mass is 10.1. The number of nitrogens with one attached hydrogen (secondary N) is 3. The predicted molar refractivity (Wildman–Crippen MR) is 70.2 cm³/mol. The lowest BCUT2D eigenvalue weighted by Crippen LogP contribution is -2.67. The van der Waals surface area contributed by atoms with Gasteiger partial charge in [0.2, 0.25) is 0 Å². The Morgan fingerprint density at radius 2 is 1.84 bits per heavy atom. The normalized spacial score (nSPS) is 28.5. The Labute approximate surface area is 112 Å². The van der Waals surface area contributed by atoms with Crippen molar-refractivity contribution < 1.29 is 9.53 Å². The second-order valence-electron chi connectivity index (χ2n) is 4.68. The molecule has 2 aliphatic rings. The van der Waals surface area contributed by atoms with E-state index in [9.17, 15) is 4.79 Å². The van der Waals surface area contributed by atoms with E-state index in [1.165, 1.54) is 0 Å². The summed E-state index contributed by atoms with van der Waals surface area (Å²) in [7, 11) is 0. The Hall–Kier alpha value is -1.63. The zero-order valence-electron chi connectivity index (χ0n) is 10.6. The molecule has 6 heteroatoms. The summed E-state index contributed by atoms with van der Waals surface area (Å²) in [6.07, 6.45) is -0.314. The largest absolute Gasteiger partial charge is 0.379 e. The smallest absolute Gasteiger partial charge is 0.318 e. The molecule has 3 rings (SSSR count). The number of urea groups is 1. The molecule has 0 bridgehead atoms. The molecule has 2 unspecified atom stereocenters. The molecule has 2 amide bonds. The van der Waals surface area contributed by atoms with Crippen LogP contribution in [0, 0.1) is 0 Å². The monoisotopic (exact) mass is 262 g/mol. The van der Waals surface area contributed by atoms with E-state index in [1.54, 1.807) is 0 Å². The van der Waals surface area contributed by atoms with Crippen molar-refractivity contribution in [2.24, 2.45) is 0 Å². The van der Waals surface area contributed by atoms with E-state index in [0.717, 1.165) is 18.7 Å². The van der Waals surface area contributed by atoms with Gasteiger partial charge in [0, 0.05) is 13.1 Å². The van der Waals surface area contributed by atoms with Crippen LogP contribution >= 0.6 is 0 Å². The minimum atomic E-state index is -0.164. The van der Waals surface area contributed by atoms with Gasteiger partial charge in [-0.1, -0.05) is 30.3 Å². The Morgan fingerprint density at radius 3 is 2.58 bits per heavy atom. The Balaban J connectivity index is 1.71. The minimum Gasteiger partial charge on any atom is -0.379 e. The molecular formula is C13H18N4O2. The van der Waals surface area contributed by atoms with Crippen molar-refractivity contribution in [2.45, 2.75) is 12.5 Å². The van der Waals surface area contributed by atoms with Crippen molar-refractivity contribution in [3.8, 4) is 0 Å². The third-order valence-corrected chi connectivity index (χ3v) is 3.41. The standard InChI is InChI=1S/C13H18N4O2/c18-13-15-11(10-4-2-1-3-5-10)14-12(16-13)17-6-8-19-9-7-17/h1-5,11-12,14H,6-9H2,(H2,15,16,18). The molecule has 0 aliphatic carbocycles. The van der Waals surface area contributed by atoms with Crippen LogP contribution in [0.4, 0.5) is 4.79 Å². The third kappa shape index (κ3) is 2.86. The number of nitrogens with zero attached hydrogens (tertiary/aromatic N) is 1. The first-order chi connectivity index (χ1) is 9.33. The molecule has 0 spiro atoms. The third-order valence-electron chi connectivity index (χ3n) is 3.41. The van der Waals surface area contributed by atoms with Gasteiger partial charge in [-0.15, -0.1) is 0 Å². The summed E-state index contributed by atoms with van der Waals surface area (Å²) < 4.78 is 5.33. The van der Waals surface area contributed by atoms with Crippen LogP contribution in [0.15, 0.2) is 30.3 Å². The van der Waals surface area contributed by atoms with Crippen LogP contribution in [0.5, 0.6) is 0 Å². The Morgan fingerprint density at radius 1 is 1.11 bits per heavy atom. The van der Waals surface area contributed by atoms with Gasteiger partial charge < -0.3 is 15.4 Å². The van der Waals surface area contributed by atoms with Gasteiger partial charge >= 0.3 is 6.03 Å². The highest BCUT2D eigenvalue weighted by molar-refractivity contribution is 5.75. The van der Waals surface area contributed by atoms with Gasteiger partial charge in [-0.2, -0.15) is 0 Å². The van der Waals surface area contributed by atoms with Crippen LogP contribution in [0.2, 0.25) is 0 Å². The topological polar surface area (TPSA) is 65.6 Å². The van der Waals surface area contributed by atoms with Crippen molar-refractivity contribution in [2.75, 3.05) is 26.3 Å². The average molecular weight is 262 g/mol. The van der Waals surface area contributed by atoms with E-state index in [2.05, 4.69) is 20.9 Å². The zero-order valence-corrected chi connectivity index (χ0v) is 10.6. The maximum Gasteiger partial charge on any atom is 0.318 e. The lowest BCUT2D eigenvalue weighted by Gasteiger charge is -2.40. The molecular weight excluding hydrogens is 244 g/mol. The first-order valence-electron chi connectivity index (χ1n) is 6.53. The van der Waals surface area contributed by atoms with E-state index in [1.807, 2.05) is 30.3 Å². The summed E-state index contributed by atoms with van der Waals surface area (Å²) >= 11 is 0. The van der Waals surface area contributed by atoms with E-state index in [-0.39, 0.29) is 18.5 Å². The summed E-state index contributed by atoms with van der Waals surface area (Å²) in [6.45, 7) is 3.05. The fourth-order valence-electron chi connectivity index (χ4n) is 2.40. The molecule has 3 N–H and O–H groups in total. The van der Waals surface area contributed by atoms with E-state index < -0.39 is 0 Å². The van der Waals surface area contributed by atoms with Crippen molar-refractivity contribution in [1.29, 1.82) is 0 Å². The number of hydrogen-bond acceptors (Lipinski definition) is 4. The second-order valence-corrected chi connectivity index (χ2v) is 4.68. The van der Waals surface area contributed by atoms with Gasteiger partial charge in [-0.25, -0.2) is 4.79 Å². The SMILES string of the molecule is O=C1NC(c2ccccc2)NC(N2CCOCC2)N1. The number of hydrogen-bond donors (Lipinski definition) is 3. The van der Waals surface area contributed by atoms with Crippen LogP contribution in [-0.4, -0.2) is 43.5 Å². The first-order valence-corrected chi connectivity index (χ1v) is 6.53. The first kappa shape index (κ1) is 12.4. The van der Waals surface area contributed by atoms with Gasteiger partial charge in [0.25, 0.3) is 0 Å². The molecule has 0 aromatic heterocycles. The fraction of sp³-hybridized carbons (Fsp3) is 0.462. The number of morpholine rings is 1. The van der Waals surface area contributed by atoms with Gasteiger partial charge in [0.1, 0.15) is 12.5 Å². The van der Waals surface area contributed by atoms with E-state index in [0.29, 0.717) is 13.2 Å². The van der Waals surface area contributed by atoms with E-state index in [4.69, 9.17) is 4.74 Å². The van der Waals surface area contributed by atoms with Gasteiger partial charge in [0.15, 0.2) is 0 Å². The van der Waals surface area contributed by atoms with Crippen molar-refractivity contribution in [3.63, 3.8) is 0 Å². The number of ether oxygens (including phenoxy) is 1. The minimum absolute atomic E-state index is 0.149. The van der Waals surface area contributed by atoms with Crippen molar-refractivity contribution in [1.82, 2.24) is 20.9 Å². The number of carbonyl (C=O) groups is 1.